The molecule has 7 heteroatoms. The topological polar surface area (TPSA) is 78.5 Å². The van der Waals surface area contributed by atoms with Crippen LogP contribution in [0.5, 0.6) is 11.5 Å². The standard InChI is InChI=1S/C28H26ClN3O3/c1-3-14-35-21-11-8-19(9-12-21)27-24-25(22-15-20(29)10-13-23(22)33)30-31-26(24)28(34)32(27)16-18-6-4-17(2)5-7-18/h4-13,15,27,33H,3,14,16H2,1-2H3,(H,30,31). The number of halogens is 1. The van der Waals surface area contributed by atoms with Gasteiger partial charge in [0, 0.05) is 22.7 Å². The average Bonchev–Trinajstić information content (AvgIpc) is 3.40. The number of nitrogens with one attached hydrogen (secondary N) is 1. The number of nitrogens with zero attached hydrogens (tertiary/aromatic N) is 2. The summed E-state index contributed by atoms with van der Waals surface area (Å²) in [7, 11) is 0. The number of benzene rings is 3. The van der Waals surface area contributed by atoms with E-state index in [4.69, 9.17) is 16.3 Å². The lowest BCUT2D eigenvalue weighted by molar-refractivity contribution is 0.0730. The second kappa shape index (κ2) is 9.47. The Hall–Kier alpha value is -3.77. The molecule has 0 fully saturated rings. The third kappa shape index (κ3) is 4.37. The molecule has 1 aliphatic heterocycles. The first kappa shape index (κ1) is 23.0. The fraction of sp³-hybridized carbons (Fsp3) is 0.214. The molecule has 6 nitrogen and oxygen atoms in total. The number of rotatable bonds is 7. The van der Waals surface area contributed by atoms with Gasteiger partial charge in [0.15, 0.2) is 0 Å². The molecule has 3 aromatic carbocycles. The molecule has 0 bridgehead atoms. The zero-order valence-corrected chi connectivity index (χ0v) is 20.3. The van der Waals surface area contributed by atoms with Crippen LogP contribution in [0, 0.1) is 6.92 Å². The Balaban J connectivity index is 1.61. The number of aromatic hydroxyl groups is 1. The first-order valence-electron chi connectivity index (χ1n) is 11.6. The first-order chi connectivity index (χ1) is 17.0. The van der Waals surface area contributed by atoms with Crippen LogP contribution in [0.3, 0.4) is 0 Å². The number of ether oxygens (including phenoxy) is 1. The summed E-state index contributed by atoms with van der Waals surface area (Å²) in [6, 6.07) is 20.4. The highest BCUT2D eigenvalue weighted by Gasteiger charge is 2.42. The van der Waals surface area contributed by atoms with Gasteiger partial charge in [0.1, 0.15) is 22.9 Å². The Morgan fingerprint density at radius 1 is 1.09 bits per heavy atom. The molecule has 0 aliphatic carbocycles. The predicted octanol–water partition coefficient (Wildman–Crippen LogP) is 6.28. The number of amides is 1. The number of H-pyrrole nitrogens is 1. The lowest BCUT2D eigenvalue weighted by Crippen LogP contribution is -2.29. The van der Waals surface area contributed by atoms with Crippen LogP contribution in [-0.2, 0) is 6.54 Å². The minimum Gasteiger partial charge on any atom is -0.507 e. The number of aromatic nitrogens is 2. The molecular weight excluding hydrogens is 462 g/mol. The normalized spacial score (nSPS) is 14.9. The maximum Gasteiger partial charge on any atom is 0.273 e. The van der Waals surface area contributed by atoms with Crippen LogP contribution in [-0.4, -0.2) is 32.7 Å². The van der Waals surface area contributed by atoms with Crippen molar-refractivity contribution < 1.29 is 14.6 Å². The summed E-state index contributed by atoms with van der Waals surface area (Å²) in [5.74, 6) is 0.692. The van der Waals surface area contributed by atoms with Gasteiger partial charge in [-0.25, -0.2) is 0 Å². The van der Waals surface area contributed by atoms with E-state index in [1.54, 1.807) is 12.1 Å². The molecule has 0 saturated carbocycles. The highest BCUT2D eigenvalue weighted by Crippen LogP contribution is 2.45. The maximum absolute atomic E-state index is 13.6. The second-order valence-corrected chi connectivity index (χ2v) is 9.20. The SMILES string of the molecule is CCCOc1ccc(C2c3c(-c4cc(Cl)ccc4O)n[nH]c3C(=O)N2Cc2ccc(C)cc2)cc1. The molecule has 2 heterocycles. The third-order valence-corrected chi connectivity index (χ3v) is 6.45. The van der Waals surface area contributed by atoms with E-state index in [-0.39, 0.29) is 11.7 Å². The van der Waals surface area contributed by atoms with Gasteiger partial charge in [0.2, 0.25) is 0 Å². The molecule has 35 heavy (non-hydrogen) atoms. The van der Waals surface area contributed by atoms with Gasteiger partial charge in [0.05, 0.1) is 12.6 Å². The largest absolute Gasteiger partial charge is 0.507 e. The van der Waals surface area contributed by atoms with E-state index in [1.807, 2.05) is 60.4 Å². The first-order valence-corrected chi connectivity index (χ1v) is 12.0. The molecule has 1 amide bonds. The van der Waals surface area contributed by atoms with E-state index in [9.17, 15) is 9.90 Å². The van der Waals surface area contributed by atoms with E-state index < -0.39 is 6.04 Å². The number of aromatic amines is 1. The quantitative estimate of drug-likeness (QED) is 0.321. The van der Waals surface area contributed by atoms with Gasteiger partial charge >= 0.3 is 0 Å². The van der Waals surface area contributed by atoms with Gasteiger partial charge < -0.3 is 14.7 Å². The minimum atomic E-state index is -0.397. The van der Waals surface area contributed by atoms with Crippen LogP contribution in [0.25, 0.3) is 11.3 Å². The lowest BCUT2D eigenvalue weighted by atomic mass is 9.95. The van der Waals surface area contributed by atoms with E-state index in [2.05, 4.69) is 17.1 Å². The molecule has 0 spiro atoms. The maximum atomic E-state index is 13.6. The highest BCUT2D eigenvalue weighted by atomic mass is 35.5. The Morgan fingerprint density at radius 2 is 1.83 bits per heavy atom. The molecule has 0 radical (unpaired) electrons. The number of phenols is 1. The fourth-order valence-corrected chi connectivity index (χ4v) is 4.64. The van der Waals surface area contributed by atoms with Gasteiger partial charge in [0.25, 0.3) is 5.91 Å². The van der Waals surface area contributed by atoms with Crippen molar-refractivity contribution in [2.75, 3.05) is 6.61 Å². The van der Waals surface area contributed by atoms with E-state index in [1.165, 1.54) is 6.07 Å². The van der Waals surface area contributed by atoms with Crippen molar-refractivity contribution in [2.45, 2.75) is 32.9 Å². The van der Waals surface area contributed by atoms with Crippen LogP contribution < -0.4 is 4.74 Å². The van der Waals surface area contributed by atoms with Crippen LogP contribution in [0.15, 0.2) is 66.7 Å². The summed E-state index contributed by atoms with van der Waals surface area (Å²) in [6.07, 6.45) is 0.925. The Morgan fingerprint density at radius 3 is 2.54 bits per heavy atom. The van der Waals surface area contributed by atoms with Gasteiger partial charge in [-0.15, -0.1) is 0 Å². The van der Waals surface area contributed by atoms with Crippen molar-refractivity contribution in [2.24, 2.45) is 0 Å². The van der Waals surface area contributed by atoms with E-state index in [0.29, 0.717) is 35.1 Å². The van der Waals surface area contributed by atoms with Crippen molar-refractivity contribution in [1.82, 2.24) is 15.1 Å². The molecule has 1 aromatic heterocycles. The van der Waals surface area contributed by atoms with Crippen molar-refractivity contribution in [3.05, 3.63) is 99.7 Å². The molecule has 178 valence electrons. The summed E-state index contributed by atoms with van der Waals surface area (Å²) in [4.78, 5) is 15.4. The number of phenolic OH excluding ortho intramolecular Hbond substituents is 1. The van der Waals surface area contributed by atoms with Gasteiger partial charge in [-0.05, 0) is 54.8 Å². The van der Waals surface area contributed by atoms with Gasteiger partial charge in [-0.2, -0.15) is 5.10 Å². The highest BCUT2D eigenvalue weighted by molar-refractivity contribution is 6.31. The van der Waals surface area contributed by atoms with Crippen LogP contribution >= 0.6 is 11.6 Å². The van der Waals surface area contributed by atoms with Crippen LogP contribution in [0.2, 0.25) is 5.02 Å². The minimum absolute atomic E-state index is 0.0511. The molecule has 0 saturated heterocycles. The van der Waals surface area contributed by atoms with Crippen molar-refractivity contribution in [1.29, 1.82) is 0 Å². The third-order valence-electron chi connectivity index (χ3n) is 6.22. The molecule has 1 atom stereocenters. The molecule has 1 unspecified atom stereocenters. The Kier molecular flexibility index (Phi) is 6.22. The van der Waals surface area contributed by atoms with Crippen molar-refractivity contribution >= 4 is 17.5 Å². The van der Waals surface area contributed by atoms with Gasteiger partial charge in [-0.3, -0.25) is 9.89 Å². The van der Waals surface area contributed by atoms with Crippen molar-refractivity contribution in [3.63, 3.8) is 0 Å². The number of carbonyl (C=O) groups excluding carboxylic acids is 1. The molecule has 4 aromatic rings. The average molecular weight is 488 g/mol. The van der Waals surface area contributed by atoms with Crippen molar-refractivity contribution in [3.8, 4) is 22.8 Å². The summed E-state index contributed by atoms with van der Waals surface area (Å²) in [6.45, 7) is 5.18. The molecule has 5 rings (SSSR count). The number of fused-ring (bicyclic) bond motifs is 1. The van der Waals surface area contributed by atoms with E-state index in [0.717, 1.165) is 34.4 Å². The van der Waals surface area contributed by atoms with E-state index >= 15 is 0 Å². The Bertz CT molecular complexity index is 1360. The number of hydrogen-bond donors (Lipinski definition) is 2. The number of carbonyl (C=O) groups is 1. The summed E-state index contributed by atoms with van der Waals surface area (Å²) < 4.78 is 5.76. The predicted molar refractivity (Wildman–Crippen MR) is 136 cm³/mol. The summed E-state index contributed by atoms with van der Waals surface area (Å²) in [5, 5.41) is 18.4. The summed E-state index contributed by atoms with van der Waals surface area (Å²) >= 11 is 6.23. The second-order valence-electron chi connectivity index (χ2n) is 8.76. The summed E-state index contributed by atoms with van der Waals surface area (Å²) in [5.41, 5.74) is 5.25. The zero-order chi connectivity index (χ0) is 24.5. The number of hydrogen-bond acceptors (Lipinski definition) is 4. The van der Waals surface area contributed by atoms with Crippen LogP contribution in [0.1, 0.15) is 52.1 Å². The lowest BCUT2D eigenvalue weighted by Gasteiger charge is -2.27. The zero-order valence-electron chi connectivity index (χ0n) is 19.6. The monoisotopic (exact) mass is 487 g/mol. The number of aryl methyl sites for hydroxylation is 1. The fourth-order valence-electron chi connectivity index (χ4n) is 4.47. The Labute approximate surface area is 209 Å². The molecular formula is C28H26ClN3O3. The molecule has 1 aliphatic rings. The van der Waals surface area contributed by atoms with Crippen LogP contribution in [0.4, 0.5) is 0 Å². The van der Waals surface area contributed by atoms with Gasteiger partial charge in [-0.1, -0.05) is 60.5 Å². The smallest absolute Gasteiger partial charge is 0.273 e. The molecule has 2 N–H and O–H groups in total.